The van der Waals surface area contributed by atoms with Gasteiger partial charge in [0.25, 0.3) is 11.8 Å². The summed E-state index contributed by atoms with van der Waals surface area (Å²) in [6.45, 7) is 1.50. The van der Waals surface area contributed by atoms with Gasteiger partial charge in [0, 0.05) is 37.1 Å². The Morgan fingerprint density at radius 2 is 1.80 bits per heavy atom. The molecule has 2 aromatic carbocycles. The van der Waals surface area contributed by atoms with Crippen LogP contribution in [0.3, 0.4) is 0 Å². The number of hydrogen-bond donors (Lipinski definition) is 2. The van der Waals surface area contributed by atoms with Gasteiger partial charge in [-0.05, 0) is 55.3 Å². The van der Waals surface area contributed by atoms with E-state index >= 15 is 0 Å². The number of carbonyl (C=O) groups excluding carboxylic acids is 2. The largest absolute Gasteiger partial charge is 0.497 e. The van der Waals surface area contributed by atoms with Crippen molar-refractivity contribution in [1.82, 2.24) is 20.2 Å². The highest BCUT2D eigenvalue weighted by Crippen LogP contribution is 2.37. The lowest BCUT2D eigenvalue weighted by molar-refractivity contribution is 0.0695. The number of carbonyl (C=O) groups is 2. The Hall–Kier alpha value is -5.10. The van der Waals surface area contributed by atoms with Crippen LogP contribution in [0.15, 0.2) is 60.8 Å². The number of nitrogens with zero attached hydrogens (tertiary/aromatic N) is 3. The first-order chi connectivity index (χ1) is 21.8. The Labute approximate surface area is 258 Å². The van der Waals surface area contributed by atoms with Gasteiger partial charge in [-0.2, -0.15) is 0 Å². The minimum Gasteiger partial charge on any atom is -0.497 e. The maximum Gasteiger partial charge on any atom is 0.258 e. The fourth-order valence-electron chi connectivity index (χ4n) is 5.50. The summed E-state index contributed by atoms with van der Waals surface area (Å²) in [5, 5.41) is 6.12. The third kappa shape index (κ3) is 6.27. The highest BCUT2D eigenvalue weighted by atomic mass is 19.1. The lowest BCUT2D eigenvalue weighted by Crippen LogP contribution is -2.38. The van der Waals surface area contributed by atoms with E-state index in [1.54, 1.807) is 36.3 Å². The van der Waals surface area contributed by atoms with Crippen LogP contribution in [0.25, 0.3) is 11.3 Å². The molecule has 2 aliphatic rings. The number of methoxy groups -OCH3 is 2. The first-order valence-electron chi connectivity index (χ1n) is 14.4. The lowest BCUT2D eigenvalue weighted by Gasteiger charge is -2.23. The Morgan fingerprint density at radius 3 is 2.49 bits per heavy atom. The molecule has 0 radical (unpaired) electrons. The fourth-order valence-corrected chi connectivity index (χ4v) is 5.50. The van der Waals surface area contributed by atoms with Gasteiger partial charge in [-0.25, -0.2) is 18.7 Å². The Kier molecular flexibility index (Phi) is 8.56. The second-order valence-corrected chi connectivity index (χ2v) is 10.7. The number of benzene rings is 2. The number of amides is 2. The van der Waals surface area contributed by atoms with Gasteiger partial charge in [0.15, 0.2) is 0 Å². The van der Waals surface area contributed by atoms with E-state index in [2.05, 4.69) is 20.6 Å². The minimum atomic E-state index is -0.782. The number of aromatic nitrogens is 2. The molecule has 1 saturated heterocycles. The van der Waals surface area contributed by atoms with Crippen molar-refractivity contribution in [3.63, 3.8) is 0 Å². The zero-order valence-electron chi connectivity index (χ0n) is 24.7. The number of pyridine rings is 2. The molecule has 232 valence electrons. The first-order valence-corrected chi connectivity index (χ1v) is 14.4. The monoisotopic (exact) mass is 615 g/mol. The molecular formula is C33H31F2N5O5. The van der Waals surface area contributed by atoms with Crippen molar-refractivity contribution in [2.45, 2.75) is 32.0 Å². The molecule has 2 amide bonds. The highest BCUT2D eigenvalue weighted by Gasteiger charge is 2.34. The minimum absolute atomic E-state index is 0.0241. The van der Waals surface area contributed by atoms with E-state index in [9.17, 15) is 18.4 Å². The maximum absolute atomic E-state index is 14.9. The first kappa shape index (κ1) is 29.9. The van der Waals surface area contributed by atoms with E-state index in [1.165, 1.54) is 25.4 Å². The summed E-state index contributed by atoms with van der Waals surface area (Å²) in [5.74, 6) is -0.659. The number of anilines is 2. The third-order valence-electron chi connectivity index (χ3n) is 7.86. The summed E-state index contributed by atoms with van der Waals surface area (Å²) in [5.41, 5.74) is 1.71. The molecule has 0 spiro atoms. The van der Waals surface area contributed by atoms with Crippen molar-refractivity contribution in [2.75, 3.05) is 32.8 Å². The van der Waals surface area contributed by atoms with E-state index < -0.39 is 11.6 Å². The molecule has 6 rings (SSSR count). The van der Waals surface area contributed by atoms with Crippen LogP contribution in [0.4, 0.5) is 20.3 Å². The van der Waals surface area contributed by atoms with Crippen molar-refractivity contribution in [1.29, 1.82) is 0 Å². The number of rotatable bonds is 9. The number of fused-ring (bicyclic) bond motifs is 1. The van der Waals surface area contributed by atoms with Gasteiger partial charge in [-0.15, -0.1) is 0 Å². The second kappa shape index (κ2) is 12.9. The zero-order chi connectivity index (χ0) is 31.5. The van der Waals surface area contributed by atoms with E-state index in [-0.39, 0.29) is 53.5 Å². The van der Waals surface area contributed by atoms with Gasteiger partial charge in [-0.3, -0.25) is 9.59 Å². The standard InChI is InChI=1S/C33H31F2N5O5/c1-43-22-8-6-20(28(14-22)44-2)17-40-18-27-31(33(40)42)26(15-25(38-27)30-23(34)4-3-5-24(30)35)39-29-9-7-19(16-36-29)32(41)37-21-10-12-45-13-11-21/h3-9,14-16,21H,10-13,17-18H2,1-2H3,(H,37,41)(H,36,38,39). The molecule has 2 aliphatic heterocycles. The zero-order valence-corrected chi connectivity index (χ0v) is 24.7. The van der Waals surface area contributed by atoms with Gasteiger partial charge in [0.2, 0.25) is 0 Å². The molecule has 4 heterocycles. The predicted molar refractivity (Wildman–Crippen MR) is 162 cm³/mol. The quantitative estimate of drug-likeness (QED) is 0.263. The average molecular weight is 616 g/mol. The van der Waals surface area contributed by atoms with Crippen molar-refractivity contribution in [2.24, 2.45) is 0 Å². The van der Waals surface area contributed by atoms with E-state index in [1.807, 2.05) is 6.07 Å². The van der Waals surface area contributed by atoms with Gasteiger partial charge in [-0.1, -0.05) is 6.07 Å². The molecule has 12 heteroatoms. The summed E-state index contributed by atoms with van der Waals surface area (Å²) >= 11 is 0. The fraction of sp³-hybridized carbons (Fsp3) is 0.273. The number of hydrogen-bond acceptors (Lipinski definition) is 8. The topological polar surface area (TPSA) is 115 Å². The average Bonchev–Trinajstić information content (AvgIpc) is 3.36. The van der Waals surface area contributed by atoms with E-state index in [4.69, 9.17) is 14.2 Å². The van der Waals surface area contributed by atoms with Crippen LogP contribution in [0.2, 0.25) is 0 Å². The Balaban J connectivity index is 1.31. The van der Waals surface area contributed by atoms with Gasteiger partial charge >= 0.3 is 0 Å². The summed E-state index contributed by atoms with van der Waals surface area (Å²) in [6, 6.07) is 13.6. The van der Waals surface area contributed by atoms with E-state index in [0.29, 0.717) is 41.8 Å². The van der Waals surface area contributed by atoms with Gasteiger partial charge < -0.3 is 29.7 Å². The third-order valence-corrected chi connectivity index (χ3v) is 7.86. The van der Waals surface area contributed by atoms with Gasteiger partial charge in [0.05, 0.1) is 61.1 Å². The van der Waals surface area contributed by atoms with Crippen molar-refractivity contribution >= 4 is 23.3 Å². The predicted octanol–water partition coefficient (Wildman–Crippen LogP) is 5.25. The van der Waals surface area contributed by atoms with Crippen LogP contribution in [-0.2, 0) is 17.8 Å². The van der Waals surface area contributed by atoms with Crippen LogP contribution in [0.1, 0.15) is 44.8 Å². The molecule has 0 unspecified atom stereocenters. The van der Waals surface area contributed by atoms with Crippen LogP contribution >= 0.6 is 0 Å². The molecular weight excluding hydrogens is 584 g/mol. The SMILES string of the molecule is COc1ccc(CN2Cc3nc(-c4c(F)cccc4F)cc(Nc4ccc(C(=O)NC5CCOCC5)cn4)c3C2=O)c(OC)c1. The molecule has 10 nitrogen and oxygen atoms in total. The lowest BCUT2D eigenvalue weighted by atomic mass is 10.1. The van der Waals surface area contributed by atoms with Crippen LogP contribution in [-0.4, -0.2) is 60.2 Å². The summed E-state index contributed by atoms with van der Waals surface area (Å²) in [6.07, 6.45) is 2.92. The normalized spacial score (nSPS) is 14.7. The number of nitrogens with one attached hydrogen (secondary N) is 2. The van der Waals surface area contributed by atoms with Crippen LogP contribution in [0.5, 0.6) is 11.5 Å². The molecule has 0 saturated carbocycles. The van der Waals surface area contributed by atoms with Crippen molar-refractivity contribution in [3.8, 4) is 22.8 Å². The molecule has 45 heavy (non-hydrogen) atoms. The second-order valence-electron chi connectivity index (χ2n) is 10.7. The maximum atomic E-state index is 14.9. The molecule has 0 atom stereocenters. The molecule has 0 aliphatic carbocycles. The summed E-state index contributed by atoms with van der Waals surface area (Å²) in [7, 11) is 3.08. The van der Waals surface area contributed by atoms with Crippen molar-refractivity contribution in [3.05, 3.63) is 94.8 Å². The number of ether oxygens (including phenoxy) is 3. The Morgan fingerprint density at radius 1 is 1.02 bits per heavy atom. The molecule has 2 aromatic heterocycles. The molecule has 0 bridgehead atoms. The highest BCUT2D eigenvalue weighted by molar-refractivity contribution is 6.04. The van der Waals surface area contributed by atoms with Crippen LogP contribution < -0.4 is 20.1 Å². The molecule has 4 aromatic rings. The Bertz CT molecular complexity index is 1720. The molecule has 2 N–H and O–H groups in total. The summed E-state index contributed by atoms with van der Waals surface area (Å²) < 4.78 is 45.9. The molecule has 1 fully saturated rings. The smallest absolute Gasteiger partial charge is 0.258 e. The van der Waals surface area contributed by atoms with Crippen LogP contribution in [0, 0.1) is 11.6 Å². The van der Waals surface area contributed by atoms with E-state index in [0.717, 1.165) is 30.5 Å². The number of halogens is 2. The van der Waals surface area contributed by atoms with Crippen molar-refractivity contribution < 1.29 is 32.6 Å². The van der Waals surface area contributed by atoms with Gasteiger partial charge in [0.1, 0.15) is 29.0 Å². The summed E-state index contributed by atoms with van der Waals surface area (Å²) in [4.78, 5) is 37.0.